The highest BCUT2D eigenvalue weighted by Crippen LogP contribution is 2.31. The number of benzene rings is 1. The first-order valence-electron chi connectivity index (χ1n) is 5.75. The molecule has 0 heterocycles. The van der Waals surface area contributed by atoms with E-state index in [2.05, 4.69) is 5.32 Å². The van der Waals surface area contributed by atoms with Crippen molar-refractivity contribution in [3.63, 3.8) is 0 Å². The van der Waals surface area contributed by atoms with Gasteiger partial charge in [0, 0.05) is 0 Å². The Bertz CT molecular complexity index is 413. The number of hydrogen-bond donors (Lipinski definition) is 2. The fourth-order valence-electron chi connectivity index (χ4n) is 2.29. The number of ketones is 1. The summed E-state index contributed by atoms with van der Waals surface area (Å²) >= 11 is 0. The predicted molar refractivity (Wildman–Crippen MR) is 63.0 cm³/mol. The molecule has 3 nitrogen and oxygen atoms in total. The largest absolute Gasteiger partial charge is 0.507 e. The van der Waals surface area contributed by atoms with Gasteiger partial charge in [-0.05, 0) is 49.9 Å². The zero-order chi connectivity index (χ0) is 11.5. The summed E-state index contributed by atoms with van der Waals surface area (Å²) in [5.41, 5.74) is 2.63. The van der Waals surface area contributed by atoms with Gasteiger partial charge in [-0.3, -0.25) is 4.79 Å². The molecule has 0 aromatic heterocycles. The van der Waals surface area contributed by atoms with E-state index in [1.54, 1.807) is 13.1 Å². The van der Waals surface area contributed by atoms with Gasteiger partial charge >= 0.3 is 0 Å². The Morgan fingerprint density at radius 1 is 1.38 bits per heavy atom. The minimum Gasteiger partial charge on any atom is -0.507 e. The van der Waals surface area contributed by atoms with Gasteiger partial charge in [-0.1, -0.05) is 6.07 Å². The van der Waals surface area contributed by atoms with Gasteiger partial charge in [0.25, 0.3) is 0 Å². The van der Waals surface area contributed by atoms with Crippen molar-refractivity contribution in [2.75, 3.05) is 13.6 Å². The molecule has 0 atom stereocenters. The van der Waals surface area contributed by atoms with E-state index in [0.29, 0.717) is 5.56 Å². The number of aromatic hydroxyl groups is 1. The molecule has 1 aromatic carbocycles. The molecule has 2 N–H and O–H groups in total. The van der Waals surface area contributed by atoms with E-state index in [1.807, 2.05) is 6.07 Å². The molecule has 86 valence electrons. The number of hydrogen-bond acceptors (Lipinski definition) is 3. The summed E-state index contributed by atoms with van der Waals surface area (Å²) in [6, 6.07) is 3.73. The Kier molecular flexibility index (Phi) is 3.25. The third-order valence-corrected chi connectivity index (χ3v) is 3.14. The lowest BCUT2D eigenvalue weighted by molar-refractivity contribution is 0.0991. The van der Waals surface area contributed by atoms with E-state index >= 15 is 0 Å². The number of Topliss-reactive ketones (excluding diaryl/α,β-unsaturated/α-hetero) is 1. The highest BCUT2D eigenvalue weighted by Gasteiger charge is 2.18. The van der Waals surface area contributed by atoms with Crippen LogP contribution in [0.3, 0.4) is 0 Å². The zero-order valence-corrected chi connectivity index (χ0v) is 9.55. The highest BCUT2D eigenvalue weighted by atomic mass is 16.3. The summed E-state index contributed by atoms with van der Waals surface area (Å²) in [5.74, 6) is 0.158. The average molecular weight is 219 g/mol. The first-order valence-corrected chi connectivity index (χ1v) is 5.75. The Morgan fingerprint density at radius 2 is 2.12 bits per heavy atom. The second-order valence-electron chi connectivity index (χ2n) is 4.26. The summed E-state index contributed by atoms with van der Waals surface area (Å²) in [4.78, 5) is 11.7. The molecule has 3 heteroatoms. The van der Waals surface area contributed by atoms with Gasteiger partial charge in [0.2, 0.25) is 0 Å². The highest BCUT2D eigenvalue weighted by molar-refractivity contribution is 6.00. The minimum absolute atomic E-state index is 0.0478. The first kappa shape index (κ1) is 11.1. The number of rotatable bonds is 3. The number of carbonyl (C=O) groups excluding carboxylic acids is 1. The van der Waals surface area contributed by atoms with Gasteiger partial charge < -0.3 is 10.4 Å². The maximum atomic E-state index is 11.7. The van der Waals surface area contributed by atoms with Crippen LogP contribution in [0.2, 0.25) is 0 Å². The van der Waals surface area contributed by atoms with E-state index in [1.165, 1.54) is 12.0 Å². The number of carbonyl (C=O) groups is 1. The molecule has 0 radical (unpaired) electrons. The van der Waals surface area contributed by atoms with Gasteiger partial charge in [-0.15, -0.1) is 0 Å². The van der Waals surface area contributed by atoms with Crippen LogP contribution in [0.5, 0.6) is 5.75 Å². The molecule has 0 bridgehead atoms. The van der Waals surface area contributed by atoms with Crippen molar-refractivity contribution in [3.05, 3.63) is 28.8 Å². The molecule has 0 fully saturated rings. The Morgan fingerprint density at radius 3 is 2.88 bits per heavy atom. The zero-order valence-electron chi connectivity index (χ0n) is 9.55. The van der Waals surface area contributed by atoms with Crippen LogP contribution in [0.25, 0.3) is 0 Å². The second kappa shape index (κ2) is 4.66. The lowest BCUT2D eigenvalue weighted by Gasteiger charge is -2.18. The molecule has 0 spiro atoms. The van der Waals surface area contributed by atoms with Gasteiger partial charge in [0.1, 0.15) is 5.75 Å². The Hall–Kier alpha value is -1.35. The molecule has 0 amide bonds. The van der Waals surface area contributed by atoms with E-state index in [0.717, 1.165) is 24.8 Å². The number of likely N-dealkylation sites (N-methyl/N-ethyl adjacent to an activating group) is 1. The smallest absolute Gasteiger partial charge is 0.180 e. The van der Waals surface area contributed by atoms with Crippen LogP contribution in [0, 0.1) is 0 Å². The lowest BCUT2D eigenvalue weighted by Crippen LogP contribution is -2.19. The maximum Gasteiger partial charge on any atom is 0.180 e. The second-order valence-corrected chi connectivity index (χ2v) is 4.26. The average Bonchev–Trinajstić information content (AvgIpc) is 2.30. The molecule has 1 aromatic rings. The van der Waals surface area contributed by atoms with Crippen LogP contribution in [0.4, 0.5) is 0 Å². The van der Waals surface area contributed by atoms with E-state index < -0.39 is 0 Å². The maximum absolute atomic E-state index is 11.7. The van der Waals surface area contributed by atoms with E-state index in [-0.39, 0.29) is 18.1 Å². The van der Waals surface area contributed by atoms with Crippen molar-refractivity contribution in [1.82, 2.24) is 5.32 Å². The fourth-order valence-corrected chi connectivity index (χ4v) is 2.29. The standard InChI is InChI=1S/C13H17NO2/c1-14-8-12(15)11-7-6-9-4-2-3-5-10(9)13(11)16/h6-7,14,16H,2-5,8H2,1H3. The quantitative estimate of drug-likeness (QED) is 0.760. The molecular weight excluding hydrogens is 202 g/mol. The molecular formula is C13H17NO2. The van der Waals surface area contributed by atoms with Crippen LogP contribution in [0.1, 0.15) is 34.3 Å². The van der Waals surface area contributed by atoms with Crippen molar-refractivity contribution >= 4 is 5.78 Å². The minimum atomic E-state index is -0.0478. The van der Waals surface area contributed by atoms with E-state index in [4.69, 9.17) is 0 Å². The van der Waals surface area contributed by atoms with Crippen LogP contribution in [-0.2, 0) is 12.8 Å². The van der Waals surface area contributed by atoms with Crippen molar-refractivity contribution in [1.29, 1.82) is 0 Å². The van der Waals surface area contributed by atoms with Crippen molar-refractivity contribution < 1.29 is 9.90 Å². The third-order valence-electron chi connectivity index (χ3n) is 3.14. The number of nitrogens with one attached hydrogen (secondary N) is 1. The summed E-state index contributed by atoms with van der Waals surface area (Å²) in [6.45, 7) is 0.270. The topological polar surface area (TPSA) is 49.3 Å². The van der Waals surface area contributed by atoms with Crippen LogP contribution < -0.4 is 5.32 Å². The van der Waals surface area contributed by atoms with Crippen LogP contribution in [-0.4, -0.2) is 24.5 Å². The molecule has 0 unspecified atom stereocenters. The summed E-state index contributed by atoms with van der Waals surface area (Å²) in [6.07, 6.45) is 4.19. The molecule has 0 aliphatic heterocycles. The van der Waals surface area contributed by atoms with Crippen molar-refractivity contribution in [3.8, 4) is 5.75 Å². The van der Waals surface area contributed by atoms with E-state index in [9.17, 15) is 9.90 Å². The van der Waals surface area contributed by atoms with Crippen LogP contribution in [0.15, 0.2) is 12.1 Å². The summed E-state index contributed by atoms with van der Waals surface area (Å²) in [5, 5.41) is 12.9. The molecule has 1 aliphatic rings. The molecule has 0 saturated carbocycles. The monoisotopic (exact) mass is 219 g/mol. The molecule has 16 heavy (non-hydrogen) atoms. The third kappa shape index (κ3) is 1.95. The number of phenolic OH excluding ortho intramolecular Hbond substituents is 1. The Labute approximate surface area is 95.5 Å². The Balaban J connectivity index is 2.37. The predicted octanol–water partition coefficient (Wildman–Crippen LogP) is 1.67. The van der Waals surface area contributed by atoms with Gasteiger partial charge in [0.15, 0.2) is 5.78 Å². The number of fused-ring (bicyclic) bond motifs is 1. The molecule has 1 aliphatic carbocycles. The number of phenols is 1. The summed E-state index contributed by atoms with van der Waals surface area (Å²) < 4.78 is 0. The number of aryl methyl sites for hydroxylation is 1. The van der Waals surface area contributed by atoms with Crippen molar-refractivity contribution in [2.24, 2.45) is 0 Å². The fraction of sp³-hybridized carbons (Fsp3) is 0.462. The summed E-state index contributed by atoms with van der Waals surface area (Å²) in [7, 11) is 1.73. The van der Waals surface area contributed by atoms with Gasteiger partial charge in [-0.2, -0.15) is 0 Å². The normalized spacial score (nSPS) is 14.6. The van der Waals surface area contributed by atoms with Gasteiger partial charge in [-0.25, -0.2) is 0 Å². The van der Waals surface area contributed by atoms with Crippen LogP contribution >= 0.6 is 0 Å². The van der Waals surface area contributed by atoms with Crippen molar-refractivity contribution in [2.45, 2.75) is 25.7 Å². The first-order chi connectivity index (χ1) is 7.74. The molecule has 0 saturated heterocycles. The SMILES string of the molecule is CNCC(=O)c1ccc2c(c1O)CCCC2. The molecule has 2 rings (SSSR count). The van der Waals surface area contributed by atoms with Gasteiger partial charge in [0.05, 0.1) is 12.1 Å². The lowest BCUT2D eigenvalue weighted by atomic mass is 9.88.